The molecule has 7 heteroatoms. The van der Waals surface area contributed by atoms with E-state index in [-0.39, 0.29) is 36.6 Å². The summed E-state index contributed by atoms with van der Waals surface area (Å²) >= 11 is 0. The summed E-state index contributed by atoms with van der Waals surface area (Å²) in [6, 6.07) is 15.1. The van der Waals surface area contributed by atoms with Crippen molar-refractivity contribution in [1.29, 1.82) is 0 Å². The van der Waals surface area contributed by atoms with Crippen LogP contribution in [-0.4, -0.2) is 48.1 Å². The number of Topliss-reactive ketones (excluding diaryl/α,β-unsaturated/α-hetero) is 2. The number of benzene rings is 2. The molecule has 1 saturated heterocycles. The molecule has 0 saturated carbocycles. The predicted molar refractivity (Wildman–Crippen MR) is 109 cm³/mol. The number of sulfonamides is 1. The van der Waals surface area contributed by atoms with E-state index in [4.69, 9.17) is 0 Å². The Morgan fingerprint density at radius 2 is 1.72 bits per heavy atom. The summed E-state index contributed by atoms with van der Waals surface area (Å²) < 4.78 is 27.1. The third kappa shape index (κ3) is 4.32. The summed E-state index contributed by atoms with van der Waals surface area (Å²) in [7, 11) is -3.85. The molecule has 0 radical (unpaired) electrons. The molecule has 1 heterocycles. The van der Waals surface area contributed by atoms with Crippen molar-refractivity contribution in [1.82, 2.24) is 4.31 Å². The molecule has 1 N–H and O–H groups in total. The second-order valence-corrected chi connectivity index (χ2v) is 9.55. The zero-order valence-corrected chi connectivity index (χ0v) is 17.4. The number of nitrogens with zero attached hydrogens (tertiary/aromatic N) is 1. The van der Waals surface area contributed by atoms with E-state index in [0.717, 1.165) is 9.87 Å². The monoisotopic (exact) mass is 415 g/mol. The van der Waals surface area contributed by atoms with E-state index in [1.165, 1.54) is 19.1 Å². The standard InChI is InChI=1S/C22H25NO5S/c1-16-8-10-20(11-9-16)29(27,28)23-13-12-19(22(26,15-23)17(2)24)14-21(25)18-6-4-3-5-7-18/h3-11,19,26H,12-15H2,1-2H3/t19-,22+/m1/s1. The number of aryl methyl sites for hydroxylation is 1. The summed E-state index contributed by atoms with van der Waals surface area (Å²) in [6.45, 7) is 2.88. The van der Waals surface area contributed by atoms with Gasteiger partial charge in [0.1, 0.15) is 5.60 Å². The van der Waals surface area contributed by atoms with Crippen LogP contribution in [0.5, 0.6) is 0 Å². The van der Waals surface area contributed by atoms with Gasteiger partial charge in [0, 0.05) is 24.4 Å². The van der Waals surface area contributed by atoms with Crippen LogP contribution in [0.3, 0.4) is 0 Å². The third-order valence-electron chi connectivity index (χ3n) is 5.62. The number of carbonyl (C=O) groups excluding carboxylic acids is 2. The highest BCUT2D eigenvalue weighted by atomic mass is 32.2. The fraction of sp³-hybridized carbons (Fsp3) is 0.364. The Morgan fingerprint density at radius 1 is 1.10 bits per heavy atom. The van der Waals surface area contributed by atoms with E-state index < -0.39 is 27.3 Å². The highest BCUT2D eigenvalue weighted by Crippen LogP contribution is 2.35. The van der Waals surface area contributed by atoms with E-state index in [1.54, 1.807) is 42.5 Å². The number of hydrogen-bond donors (Lipinski definition) is 1. The molecule has 3 rings (SSSR count). The quantitative estimate of drug-likeness (QED) is 0.732. The highest BCUT2D eigenvalue weighted by Gasteiger charge is 2.49. The first-order valence-electron chi connectivity index (χ1n) is 9.53. The van der Waals surface area contributed by atoms with Gasteiger partial charge in [0.05, 0.1) is 11.4 Å². The molecule has 6 nitrogen and oxygen atoms in total. The van der Waals surface area contributed by atoms with Crippen LogP contribution in [0, 0.1) is 12.8 Å². The Hall–Kier alpha value is -2.35. The van der Waals surface area contributed by atoms with Crippen molar-refractivity contribution in [2.24, 2.45) is 5.92 Å². The molecule has 0 bridgehead atoms. The van der Waals surface area contributed by atoms with Crippen molar-refractivity contribution < 1.29 is 23.1 Å². The number of aliphatic hydroxyl groups is 1. The topological polar surface area (TPSA) is 91.8 Å². The van der Waals surface area contributed by atoms with Gasteiger partial charge in [0.15, 0.2) is 11.6 Å². The lowest BCUT2D eigenvalue weighted by atomic mass is 9.76. The van der Waals surface area contributed by atoms with Crippen LogP contribution < -0.4 is 0 Å². The van der Waals surface area contributed by atoms with Crippen LogP contribution in [-0.2, 0) is 14.8 Å². The van der Waals surface area contributed by atoms with Crippen LogP contribution in [0.2, 0.25) is 0 Å². The maximum absolute atomic E-state index is 13.0. The lowest BCUT2D eigenvalue weighted by Crippen LogP contribution is -2.59. The first kappa shape index (κ1) is 21.4. The third-order valence-corrected chi connectivity index (χ3v) is 7.48. The maximum atomic E-state index is 13.0. The minimum absolute atomic E-state index is 0.0154. The number of carbonyl (C=O) groups is 2. The Labute approximate surface area is 171 Å². The molecular weight excluding hydrogens is 390 g/mol. The Morgan fingerprint density at radius 3 is 2.31 bits per heavy atom. The average Bonchev–Trinajstić information content (AvgIpc) is 2.70. The minimum Gasteiger partial charge on any atom is -0.380 e. The summed E-state index contributed by atoms with van der Waals surface area (Å²) in [5.74, 6) is -1.35. The molecule has 0 unspecified atom stereocenters. The van der Waals surface area contributed by atoms with Gasteiger partial charge in [0.25, 0.3) is 0 Å². The summed E-state index contributed by atoms with van der Waals surface area (Å²) in [6.07, 6.45) is 0.207. The Balaban J connectivity index is 1.83. The summed E-state index contributed by atoms with van der Waals surface area (Å²) in [5, 5.41) is 11.1. The van der Waals surface area contributed by atoms with Crippen molar-refractivity contribution in [3.05, 3.63) is 65.7 Å². The second kappa shape index (κ2) is 8.18. The van der Waals surface area contributed by atoms with E-state index in [0.29, 0.717) is 5.56 Å². The second-order valence-electron chi connectivity index (χ2n) is 7.61. The smallest absolute Gasteiger partial charge is 0.243 e. The molecule has 154 valence electrons. The number of ketones is 2. The van der Waals surface area contributed by atoms with E-state index in [9.17, 15) is 23.1 Å². The molecule has 2 aromatic carbocycles. The molecule has 1 aliphatic heterocycles. The summed E-state index contributed by atoms with van der Waals surface area (Å²) in [4.78, 5) is 25.0. The van der Waals surface area contributed by atoms with Crippen LogP contribution >= 0.6 is 0 Å². The van der Waals surface area contributed by atoms with Gasteiger partial charge < -0.3 is 5.11 Å². The van der Waals surface area contributed by atoms with Gasteiger partial charge in [-0.15, -0.1) is 0 Å². The number of rotatable bonds is 6. The highest BCUT2D eigenvalue weighted by molar-refractivity contribution is 7.89. The van der Waals surface area contributed by atoms with Gasteiger partial charge in [-0.2, -0.15) is 4.31 Å². The van der Waals surface area contributed by atoms with Gasteiger partial charge in [-0.25, -0.2) is 8.42 Å². The van der Waals surface area contributed by atoms with Crippen molar-refractivity contribution in [2.75, 3.05) is 13.1 Å². The van der Waals surface area contributed by atoms with Gasteiger partial charge in [0.2, 0.25) is 10.0 Å². The first-order valence-corrected chi connectivity index (χ1v) is 11.0. The van der Waals surface area contributed by atoms with Crippen molar-refractivity contribution in [3.8, 4) is 0 Å². The normalized spacial score (nSPS) is 22.9. The fourth-order valence-electron chi connectivity index (χ4n) is 3.72. The predicted octanol–water partition coefficient (Wildman–Crippen LogP) is 2.60. The van der Waals surface area contributed by atoms with E-state index in [1.807, 2.05) is 6.92 Å². The van der Waals surface area contributed by atoms with Gasteiger partial charge in [-0.3, -0.25) is 9.59 Å². The minimum atomic E-state index is -3.85. The Bertz CT molecular complexity index is 1000. The molecule has 1 aliphatic rings. The molecule has 1 fully saturated rings. The molecule has 0 aromatic heterocycles. The largest absolute Gasteiger partial charge is 0.380 e. The van der Waals surface area contributed by atoms with Crippen LogP contribution in [0.25, 0.3) is 0 Å². The summed E-state index contributed by atoms with van der Waals surface area (Å²) in [5.41, 5.74) is -0.462. The van der Waals surface area contributed by atoms with Crippen molar-refractivity contribution in [2.45, 2.75) is 37.2 Å². The Kier molecular flexibility index (Phi) is 6.03. The lowest BCUT2D eigenvalue weighted by molar-refractivity contribution is -0.145. The zero-order valence-electron chi connectivity index (χ0n) is 16.5. The van der Waals surface area contributed by atoms with Crippen molar-refractivity contribution in [3.63, 3.8) is 0 Å². The van der Waals surface area contributed by atoms with Gasteiger partial charge in [-0.05, 0) is 32.4 Å². The van der Waals surface area contributed by atoms with Crippen LogP contribution in [0.4, 0.5) is 0 Å². The zero-order chi connectivity index (χ0) is 21.2. The maximum Gasteiger partial charge on any atom is 0.243 e. The van der Waals surface area contributed by atoms with Gasteiger partial charge >= 0.3 is 0 Å². The molecular formula is C22H25NO5S. The molecule has 0 amide bonds. The molecule has 2 aromatic rings. The fourth-order valence-corrected chi connectivity index (χ4v) is 5.21. The first-order chi connectivity index (χ1) is 13.6. The number of β-amino-alcohol motifs (C(OH)–C–C–N with tert-alkyl or cyclic N) is 1. The van der Waals surface area contributed by atoms with Crippen LogP contribution in [0.1, 0.15) is 35.7 Å². The molecule has 29 heavy (non-hydrogen) atoms. The average molecular weight is 416 g/mol. The van der Waals surface area contributed by atoms with E-state index in [2.05, 4.69) is 0 Å². The SMILES string of the molecule is CC(=O)[C@@]1(O)CN(S(=O)(=O)c2ccc(C)cc2)CC[C@@H]1CC(=O)c1ccccc1. The number of piperidine rings is 1. The van der Waals surface area contributed by atoms with Crippen LogP contribution in [0.15, 0.2) is 59.5 Å². The molecule has 2 atom stereocenters. The van der Waals surface area contributed by atoms with Gasteiger partial charge in [-0.1, -0.05) is 48.0 Å². The van der Waals surface area contributed by atoms with E-state index >= 15 is 0 Å². The molecule has 0 aliphatic carbocycles. The lowest BCUT2D eigenvalue weighted by Gasteiger charge is -2.42. The molecule has 0 spiro atoms. The number of hydrogen-bond acceptors (Lipinski definition) is 5. The van der Waals surface area contributed by atoms with Crippen molar-refractivity contribution >= 4 is 21.6 Å².